The minimum Gasteiger partial charge on any atom is -0.360 e. The maximum Gasteiger partial charge on any atom is 0.238 e. The van der Waals surface area contributed by atoms with E-state index >= 15 is 0 Å². The van der Waals surface area contributed by atoms with E-state index in [1.54, 1.807) is 23.9 Å². The number of benzene rings is 1. The second kappa shape index (κ2) is 6.37. The molecule has 1 aliphatic heterocycles. The Morgan fingerprint density at radius 2 is 2.05 bits per heavy atom. The van der Waals surface area contributed by atoms with Gasteiger partial charge < -0.3 is 5.32 Å². The van der Waals surface area contributed by atoms with Gasteiger partial charge in [-0.15, -0.1) is 0 Å². The standard InChI is InChI=1S/C14H21N3O2S2/c1-3-14(2)8-9-20-13(17-14)16-10-11-4-6-12(7-5-11)21(15,18)19/h4-7H,3,8-10H2,1-2H3,(H,16,17)(H2,15,18,19). The third-order valence-corrected chi connectivity index (χ3v) is 5.58. The summed E-state index contributed by atoms with van der Waals surface area (Å²) in [6.45, 7) is 4.91. The van der Waals surface area contributed by atoms with E-state index in [1.807, 2.05) is 0 Å². The fourth-order valence-corrected chi connectivity index (χ4v) is 3.76. The zero-order chi connectivity index (χ0) is 15.5. The topological polar surface area (TPSA) is 84.5 Å². The number of primary sulfonamides is 1. The van der Waals surface area contributed by atoms with Crippen molar-refractivity contribution in [3.63, 3.8) is 0 Å². The Labute approximate surface area is 130 Å². The molecule has 21 heavy (non-hydrogen) atoms. The van der Waals surface area contributed by atoms with E-state index in [0.29, 0.717) is 6.54 Å². The van der Waals surface area contributed by atoms with Crippen molar-refractivity contribution in [2.75, 3.05) is 5.75 Å². The third kappa shape index (κ3) is 4.46. The molecule has 0 aromatic heterocycles. The number of nitrogens with two attached hydrogens (primary N) is 1. The zero-order valence-corrected chi connectivity index (χ0v) is 13.9. The summed E-state index contributed by atoms with van der Waals surface area (Å²) in [5.74, 6) is 1.07. The lowest BCUT2D eigenvalue weighted by molar-refractivity contribution is 0.390. The summed E-state index contributed by atoms with van der Waals surface area (Å²) in [6.07, 6.45) is 2.20. The summed E-state index contributed by atoms with van der Waals surface area (Å²) in [4.78, 5) is 4.70. The maximum absolute atomic E-state index is 11.2. The number of thioether (sulfide) groups is 1. The first-order valence-electron chi connectivity index (χ1n) is 6.89. The number of sulfonamides is 1. The molecular formula is C14H21N3O2S2. The minimum absolute atomic E-state index is 0.127. The van der Waals surface area contributed by atoms with Gasteiger partial charge in [0.25, 0.3) is 0 Å². The van der Waals surface area contributed by atoms with E-state index in [9.17, 15) is 8.42 Å². The number of nitrogens with one attached hydrogen (secondary N) is 1. The van der Waals surface area contributed by atoms with Crippen molar-refractivity contribution in [2.45, 2.75) is 43.7 Å². The Bertz CT molecular complexity index is 626. The molecule has 1 atom stereocenters. The summed E-state index contributed by atoms with van der Waals surface area (Å²) in [7, 11) is -3.63. The Kier molecular flexibility index (Phi) is 4.95. The Morgan fingerprint density at radius 3 is 2.62 bits per heavy atom. The number of hydrogen-bond acceptors (Lipinski definition) is 4. The van der Waals surface area contributed by atoms with Crippen LogP contribution >= 0.6 is 11.8 Å². The normalized spacial score (nSPS) is 24.8. The molecule has 0 bridgehead atoms. The average Bonchev–Trinajstić information content (AvgIpc) is 2.45. The fourth-order valence-electron chi connectivity index (χ4n) is 2.03. The van der Waals surface area contributed by atoms with Crippen LogP contribution < -0.4 is 10.5 Å². The zero-order valence-electron chi connectivity index (χ0n) is 12.3. The summed E-state index contributed by atoms with van der Waals surface area (Å²) in [5, 5.41) is 9.52. The van der Waals surface area contributed by atoms with E-state index in [2.05, 4.69) is 24.2 Å². The molecule has 1 heterocycles. The van der Waals surface area contributed by atoms with E-state index in [0.717, 1.165) is 29.3 Å². The van der Waals surface area contributed by atoms with Gasteiger partial charge in [-0.1, -0.05) is 30.8 Å². The summed E-state index contributed by atoms with van der Waals surface area (Å²) in [6, 6.07) is 6.53. The molecule has 5 nitrogen and oxygen atoms in total. The van der Waals surface area contributed by atoms with Gasteiger partial charge in [0.05, 0.1) is 11.4 Å². The van der Waals surface area contributed by atoms with Crippen LogP contribution in [0.3, 0.4) is 0 Å². The smallest absolute Gasteiger partial charge is 0.238 e. The van der Waals surface area contributed by atoms with Crippen molar-refractivity contribution < 1.29 is 8.42 Å². The maximum atomic E-state index is 11.2. The molecule has 2 rings (SSSR count). The van der Waals surface area contributed by atoms with Crippen molar-refractivity contribution in [1.82, 2.24) is 5.32 Å². The highest BCUT2D eigenvalue weighted by Crippen LogP contribution is 2.25. The molecule has 0 saturated carbocycles. The SMILES string of the molecule is CCC1(C)CCSC(=NCc2ccc(S(N)(=O)=O)cc2)N1. The van der Waals surface area contributed by atoms with E-state index < -0.39 is 10.0 Å². The van der Waals surface area contributed by atoms with Gasteiger partial charge in [-0.25, -0.2) is 13.6 Å². The summed E-state index contributed by atoms with van der Waals surface area (Å²) in [5.41, 5.74) is 1.09. The Morgan fingerprint density at radius 1 is 1.38 bits per heavy atom. The first kappa shape index (κ1) is 16.3. The van der Waals surface area contributed by atoms with Crippen molar-refractivity contribution in [3.8, 4) is 0 Å². The predicted octanol–water partition coefficient (Wildman–Crippen LogP) is 2.09. The molecule has 1 aliphatic rings. The number of amidine groups is 1. The molecule has 1 aromatic rings. The van der Waals surface area contributed by atoms with Gasteiger partial charge in [-0.05, 0) is 37.5 Å². The molecule has 0 aliphatic carbocycles. The first-order valence-corrected chi connectivity index (χ1v) is 9.43. The van der Waals surface area contributed by atoms with E-state index in [4.69, 9.17) is 5.14 Å². The summed E-state index contributed by atoms with van der Waals surface area (Å²) >= 11 is 1.73. The van der Waals surface area contributed by atoms with E-state index in [-0.39, 0.29) is 10.4 Å². The first-order chi connectivity index (χ1) is 9.82. The highest BCUT2D eigenvalue weighted by molar-refractivity contribution is 8.13. The number of rotatable bonds is 4. The predicted molar refractivity (Wildman–Crippen MR) is 87.9 cm³/mol. The molecule has 7 heteroatoms. The number of nitrogens with zero attached hydrogens (tertiary/aromatic N) is 1. The van der Waals surface area contributed by atoms with Gasteiger partial charge in [-0.3, -0.25) is 4.99 Å². The quantitative estimate of drug-likeness (QED) is 0.887. The molecule has 0 spiro atoms. The molecule has 1 aromatic carbocycles. The second-order valence-electron chi connectivity index (χ2n) is 5.45. The summed E-state index contributed by atoms with van der Waals surface area (Å²) < 4.78 is 22.4. The van der Waals surface area contributed by atoms with Crippen molar-refractivity contribution in [1.29, 1.82) is 0 Å². The van der Waals surface area contributed by atoms with Crippen LogP contribution in [0.2, 0.25) is 0 Å². The lowest BCUT2D eigenvalue weighted by Crippen LogP contribution is -2.48. The monoisotopic (exact) mass is 327 g/mol. The number of hydrogen-bond donors (Lipinski definition) is 2. The van der Waals surface area contributed by atoms with Crippen molar-refractivity contribution in [2.24, 2.45) is 10.1 Å². The van der Waals surface area contributed by atoms with Crippen LogP contribution in [-0.4, -0.2) is 24.9 Å². The van der Waals surface area contributed by atoms with E-state index in [1.165, 1.54) is 12.1 Å². The lowest BCUT2D eigenvalue weighted by Gasteiger charge is -2.35. The van der Waals surface area contributed by atoms with Crippen LogP contribution in [0.15, 0.2) is 34.2 Å². The molecule has 1 unspecified atom stereocenters. The lowest BCUT2D eigenvalue weighted by atomic mass is 9.96. The molecule has 1 fully saturated rings. The highest BCUT2D eigenvalue weighted by atomic mass is 32.2. The molecule has 116 valence electrons. The molecule has 0 radical (unpaired) electrons. The highest BCUT2D eigenvalue weighted by Gasteiger charge is 2.27. The van der Waals surface area contributed by atoms with Gasteiger partial charge in [0.2, 0.25) is 10.0 Å². The molecule has 0 amide bonds. The second-order valence-corrected chi connectivity index (χ2v) is 8.09. The number of aliphatic imine (C=N–C) groups is 1. The van der Waals surface area contributed by atoms with Gasteiger partial charge in [-0.2, -0.15) is 0 Å². The van der Waals surface area contributed by atoms with Crippen molar-refractivity contribution >= 4 is 27.0 Å². The fraction of sp³-hybridized carbons (Fsp3) is 0.500. The average molecular weight is 327 g/mol. The van der Waals surface area contributed by atoms with Crippen LogP contribution in [0.5, 0.6) is 0 Å². The van der Waals surface area contributed by atoms with Crippen LogP contribution in [0.25, 0.3) is 0 Å². The van der Waals surface area contributed by atoms with Gasteiger partial charge in [0.1, 0.15) is 0 Å². The van der Waals surface area contributed by atoms with Crippen LogP contribution in [0.1, 0.15) is 32.3 Å². The van der Waals surface area contributed by atoms with Gasteiger partial charge >= 0.3 is 0 Å². The molecular weight excluding hydrogens is 306 g/mol. The van der Waals surface area contributed by atoms with Crippen LogP contribution in [0.4, 0.5) is 0 Å². The molecule has 3 N–H and O–H groups in total. The molecule has 1 saturated heterocycles. The largest absolute Gasteiger partial charge is 0.360 e. The van der Waals surface area contributed by atoms with Gasteiger partial charge in [0, 0.05) is 11.3 Å². The van der Waals surface area contributed by atoms with Gasteiger partial charge in [0.15, 0.2) is 5.17 Å². The van der Waals surface area contributed by atoms with Crippen molar-refractivity contribution in [3.05, 3.63) is 29.8 Å². The minimum atomic E-state index is -3.63. The Balaban J connectivity index is 2.04. The Hall–Kier alpha value is -1.05. The van der Waals surface area contributed by atoms with Crippen LogP contribution in [0, 0.1) is 0 Å². The van der Waals surface area contributed by atoms with Crippen LogP contribution in [-0.2, 0) is 16.6 Å². The third-order valence-electron chi connectivity index (χ3n) is 3.74.